The van der Waals surface area contributed by atoms with Gasteiger partial charge in [0.2, 0.25) is 0 Å². The molecule has 1 N–H and O–H groups in total. The van der Waals surface area contributed by atoms with Gasteiger partial charge >= 0.3 is 0 Å². The van der Waals surface area contributed by atoms with Gasteiger partial charge in [-0.2, -0.15) is 0 Å². The molecule has 2 heteroatoms. The second-order valence-corrected chi connectivity index (χ2v) is 3.27. The van der Waals surface area contributed by atoms with Gasteiger partial charge in [-0.15, -0.1) is 0 Å². The van der Waals surface area contributed by atoms with Gasteiger partial charge in [0.15, 0.2) is 0 Å². The summed E-state index contributed by atoms with van der Waals surface area (Å²) < 4.78 is 12.6. The maximum absolute atomic E-state index is 12.6. The third-order valence-corrected chi connectivity index (χ3v) is 2.13. The molecule has 75 valence electrons. The van der Waals surface area contributed by atoms with Crippen molar-refractivity contribution in [3.63, 3.8) is 0 Å². The van der Waals surface area contributed by atoms with Crippen LogP contribution in [-0.4, -0.2) is 0 Å². The standard InChI is InChI=1S/C13H11FN/c14-12-8-6-11(7-9-12)10-15-13-4-2-1-3-5-13/h2-9,15H,10H2. The van der Waals surface area contributed by atoms with Crippen molar-refractivity contribution in [2.75, 3.05) is 5.32 Å². The summed E-state index contributed by atoms with van der Waals surface area (Å²) in [6.45, 7) is 0.699. The first-order chi connectivity index (χ1) is 7.34. The molecule has 0 spiro atoms. The molecule has 0 saturated carbocycles. The fraction of sp³-hybridized carbons (Fsp3) is 0.0769. The average molecular weight is 200 g/mol. The zero-order valence-electron chi connectivity index (χ0n) is 8.20. The van der Waals surface area contributed by atoms with Gasteiger partial charge in [0.25, 0.3) is 0 Å². The van der Waals surface area contributed by atoms with Crippen molar-refractivity contribution in [3.05, 3.63) is 66.0 Å². The Balaban J connectivity index is 1.96. The molecule has 2 rings (SSSR count). The second kappa shape index (κ2) is 4.60. The van der Waals surface area contributed by atoms with Gasteiger partial charge in [-0.25, -0.2) is 4.39 Å². The molecule has 0 aliphatic heterocycles. The van der Waals surface area contributed by atoms with E-state index >= 15 is 0 Å². The van der Waals surface area contributed by atoms with E-state index in [-0.39, 0.29) is 5.82 Å². The molecule has 0 saturated heterocycles. The zero-order chi connectivity index (χ0) is 10.5. The molecular formula is C13H11FN. The zero-order valence-corrected chi connectivity index (χ0v) is 8.20. The number of halogens is 1. The highest BCUT2D eigenvalue weighted by molar-refractivity contribution is 5.42. The minimum atomic E-state index is -0.201. The molecule has 1 radical (unpaired) electrons. The van der Waals surface area contributed by atoms with Crippen LogP contribution in [0.4, 0.5) is 10.1 Å². The van der Waals surface area contributed by atoms with Gasteiger partial charge in [-0.1, -0.05) is 24.3 Å². The van der Waals surface area contributed by atoms with E-state index in [1.165, 1.54) is 12.1 Å². The molecule has 1 nitrogen and oxygen atoms in total. The minimum Gasteiger partial charge on any atom is -0.381 e. The lowest BCUT2D eigenvalue weighted by atomic mass is 10.2. The van der Waals surface area contributed by atoms with Crippen LogP contribution in [0.25, 0.3) is 0 Å². The van der Waals surface area contributed by atoms with Gasteiger partial charge < -0.3 is 5.32 Å². The predicted molar refractivity (Wildman–Crippen MR) is 59.0 cm³/mol. The number of benzene rings is 2. The quantitative estimate of drug-likeness (QED) is 0.802. The lowest BCUT2D eigenvalue weighted by Crippen LogP contribution is -1.98. The van der Waals surface area contributed by atoms with Gasteiger partial charge in [-0.05, 0) is 35.9 Å². The molecule has 0 atom stereocenters. The highest BCUT2D eigenvalue weighted by Crippen LogP contribution is 2.08. The summed E-state index contributed by atoms with van der Waals surface area (Å²) in [7, 11) is 0. The molecule has 0 bridgehead atoms. The third-order valence-electron chi connectivity index (χ3n) is 2.13. The van der Waals surface area contributed by atoms with Crippen LogP contribution in [0.15, 0.2) is 48.5 Å². The van der Waals surface area contributed by atoms with E-state index in [0.717, 1.165) is 11.3 Å². The van der Waals surface area contributed by atoms with Crippen LogP contribution >= 0.6 is 0 Å². The summed E-state index contributed by atoms with van der Waals surface area (Å²) in [6.07, 6.45) is 0. The number of rotatable bonds is 3. The fourth-order valence-electron chi connectivity index (χ4n) is 1.31. The van der Waals surface area contributed by atoms with Crippen molar-refractivity contribution < 1.29 is 4.39 Å². The Hall–Kier alpha value is -1.83. The van der Waals surface area contributed by atoms with Gasteiger partial charge in [0.05, 0.1) is 0 Å². The Morgan fingerprint density at radius 1 is 1.00 bits per heavy atom. The molecule has 2 aromatic carbocycles. The number of hydrogen-bond acceptors (Lipinski definition) is 1. The van der Waals surface area contributed by atoms with Crippen molar-refractivity contribution in [3.8, 4) is 0 Å². The number of nitrogens with one attached hydrogen (secondary N) is 1. The third kappa shape index (κ3) is 2.81. The first-order valence-electron chi connectivity index (χ1n) is 4.79. The van der Waals surface area contributed by atoms with Gasteiger partial charge in [-0.3, -0.25) is 0 Å². The van der Waals surface area contributed by atoms with Crippen LogP contribution in [0.3, 0.4) is 0 Å². The monoisotopic (exact) mass is 200 g/mol. The first-order valence-corrected chi connectivity index (χ1v) is 4.79. The average Bonchev–Trinajstić information content (AvgIpc) is 2.30. The molecule has 0 heterocycles. The molecule has 2 aromatic rings. The summed E-state index contributed by atoms with van der Waals surface area (Å²) in [4.78, 5) is 0. The maximum Gasteiger partial charge on any atom is 0.123 e. The number of hydrogen-bond donors (Lipinski definition) is 1. The normalized spacial score (nSPS) is 9.93. The smallest absolute Gasteiger partial charge is 0.123 e. The molecule has 0 amide bonds. The summed E-state index contributed by atoms with van der Waals surface area (Å²) in [5.41, 5.74) is 2.10. The van der Waals surface area contributed by atoms with E-state index in [9.17, 15) is 4.39 Å². The van der Waals surface area contributed by atoms with Crippen LogP contribution in [0.5, 0.6) is 0 Å². The van der Waals surface area contributed by atoms with Crippen LogP contribution in [0.1, 0.15) is 5.56 Å². The van der Waals surface area contributed by atoms with Crippen molar-refractivity contribution in [2.24, 2.45) is 0 Å². The SMILES string of the molecule is Fc1ccc(CNc2cc[c]cc2)cc1. The lowest BCUT2D eigenvalue weighted by molar-refractivity contribution is 0.627. The van der Waals surface area contributed by atoms with Crippen molar-refractivity contribution in [2.45, 2.75) is 6.54 Å². The van der Waals surface area contributed by atoms with Crippen molar-refractivity contribution in [1.29, 1.82) is 0 Å². The summed E-state index contributed by atoms with van der Waals surface area (Å²) >= 11 is 0. The number of anilines is 1. The van der Waals surface area contributed by atoms with E-state index < -0.39 is 0 Å². The summed E-state index contributed by atoms with van der Waals surface area (Å²) in [5, 5.41) is 3.24. The highest BCUT2D eigenvalue weighted by atomic mass is 19.1. The van der Waals surface area contributed by atoms with Crippen molar-refractivity contribution in [1.82, 2.24) is 0 Å². The fourth-order valence-corrected chi connectivity index (χ4v) is 1.31. The van der Waals surface area contributed by atoms with E-state index in [2.05, 4.69) is 11.4 Å². The second-order valence-electron chi connectivity index (χ2n) is 3.27. The van der Waals surface area contributed by atoms with Gasteiger partial charge in [0, 0.05) is 12.2 Å². The Labute approximate surface area is 88.6 Å². The molecular weight excluding hydrogens is 189 g/mol. The molecule has 0 aliphatic carbocycles. The Bertz CT molecular complexity index is 408. The molecule has 0 fully saturated rings. The molecule has 0 aliphatic rings. The molecule has 0 unspecified atom stereocenters. The Morgan fingerprint density at radius 3 is 2.33 bits per heavy atom. The maximum atomic E-state index is 12.6. The predicted octanol–water partition coefficient (Wildman–Crippen LogP) is 3.24. The highest BCUT2D eigenvalue weighted by Gasteiger charge is 1.93. The largest absolute Gasteiger partial charge is 0.381 e. The van der Waals surface area contributed by atoms with E-state index in [4.69, 9.17) is 0 Å². The van der Waals surface area contributed by atoms with Gasteiger partial charge in [0.1, 0.15) is 5.82 Å². The van der Waals surface area contributed by atoms with Crippen LogP contribution in [0, 0.1) is 11.9 Å². The lowest BCUT2D eigenvalue weighted by Gasteiger charge is -2.05. The summed E-state index contributed by atoms with van der Waals surface area (Å²) in [6, 6.07) is 17.0. The summed E-state index contributed by atoms with van der Waals surface area (Å²) in [5.74, 6) is -0.201. The van der Waals surface area contributed by atoms with Crippen LogP contribution in [0.2, 0.25) is 0 Å². The van der Waals surface area contributed by atoms with Crippen molar-refractivity contribution >= 4 is 5.69 Å². The van der Waals surface area contributed by atoms with Crippen LogP contribution < -0.4 is 5.32 Å². The Morgan fingerprint density at radius 2 is 1.67 bits per heavy atom. The van der Waals surface area contributed by atoms with E-state index in [1.807, 2.05) is 24.3 Å². The van der Waals surface area contributed by atoms with E-state index in [1.54, 1.807) is 12.1 Å². The molecule has 15 heavy (non-hydrogen) atoms. The first kappa shape index (κ1) is 9.71. The molecule has 0 aromatic heterocycles. The minimum absolute atomic E-state index is 0.201. The van der Waals surface area contributed by atoms with Crippen LogP contribution in [-0.2, 0) is 6.54 Å². The topological polar surface area (TPSA) is 12.0 Å². The van der Waals surface area contributed by atoms with E-state index in [0.29, 0.717) is 6.54 Å². The Kier molecular flexibility index (Phi) is 2.98.